The van der Waals surface area contributed by atoms with Crippen molar-refractivity contribution in [2.24, 2.45) is 0 Å². The summed E-state index contributed by atoms with van der Waals surface area (Å²) < 4.78 is 41.7. The van der Waals surface area contributed by atoms with Crippen molar-refractivity contribution in [3.63, 3.8) is 0 Å². The van der Waals surface area contributed by atoms with E-state index in [2.05, 4.69) is 0 Å². The molecule has 1 aliphatic rings. The minimum absolute atomic E-state index is 0.230. The highest BCUT2D eigenvalue weighted by molar-refractivity contribution is 5.94. The fourth-order valence-corrected chi connectivity index (χ4v) is 2.18. The lowest BCUT2D eigenvalue weighted by atomic mass is 10.2. The van der Waals surface area contributed by atoms with Gasteiger partial charge in [-0.15, -0.1) is 0 Å². The Labute approximate surface area is 125 Å². The summed E-state index contributed by atoms with van der Waals surface area (Å²) in [7, 11) is 0. The highest BCUT2D eigenvalue weighted by Crippen LogP contribution is 2.19. The number of hydrogen-bond donors (Lipinski definition) is 0. The molecule has 5 nitrogen and oxygen atoms in total. The summed E-state index contributed by atoms with van der Waals surface area (Å²) in [5.41, 5.74) is 0.243. The molecule has 2 heterocycles. The number of nitrogens with zero attached hydrogens (tertiary/aromatic N) is 2. The van der Waals surface area contributed by atoms with Gasteiger partial charge in [-0.3, -0.25) is 9.59 Å². The van der Waals surface area contributed by atoms with Crippen LogP contribution in [0.25, 0.3) is 0 Å². The molecule has 0 saturated carbocycles. The Morgan fingerprint density at radius 3 is 2.27 bits per heavy atom. The normalized spacial score (nSPS) is 16.8. The number of hydrogen-bond acceptors (Lipinski definition) is 4. The molecule has 0 aromatic carbocycles. The van der Waals surface area contributed by atoms with Crippen molar-refractivity contribution >= 4 is 11.7 Å². The maximum atomic E-state index is 12.2. The monoisotopic (exact) mass is 316 g/mol. The molecule has 1 amide bonds. The average Bonchev–Trinajstić information content (AvgIpc) is 2.99. The van der Waals surface area contributed by atoms with E-state index in [9.17, 15) is 22.8 Å². The average molecular weight is 316 g/mol. The predicted molar refractivity (Wildman–Crippen MR) is 71.0 cm³/mol. The van der Waals surface area contributed by atoms with E-state index in [4.69, 9.17) is 4.42 Å². The number of amides is 1. The van der Waals surface area contributed by atoms with Crippen LogP contribution in [0.3, 0.4) is 0 Å². The highest BCUT2D eigenvalue weighted by atomic mass is 19.4. The SMILES string of the molecule is CC(=CC(=O)C(F)(F)F)N1CCN(C(=O)c2ccco2)CC1. The van der Waals surface area contributed by atoms with Crippen LogP contribution in [0.1, 0.15) is 17.5 Å². The van der Waals surface area contributed by atoms with Crippen molar-refractivity contribution in [3.05, 3.63) is 35.9 Å². The van der Waals surface area contributed by atoms with E-state index >= 15 is 0 Å². The molecule has 1 aromatic rings. The predicted octanol–water partition coefficient (Wildman–Crippen LogP) is 2.07. The minimum Gasteiger partial charge on any atom is -0.459 e. The zero-order valence-electron chi connectivity index (χ0n) is 11.9. The Bertz CT molecular complexity index is 571. The third-order valence-electron chi connectivity index (χ3n) is 3.42. The molecule has 0 bridgehead atoms. The second kappa shape index (κ2) is 6.25. The largest absolute Gasteiger partial charge is 0.459 e. The van der Waals surface area contributed by atoms with Crippen LogP contribution >= 0.6 is 0 Å². The van der Waals surface area contributed by atoms with Crippen molar-refractivity contribution in [2.45, 2.75) is 13.1 Å². The summed E-state index contributed by atoms with van der Waals surface area (Å²) in [5, 5.41) is 0. The molecular formula is C14H15F3N2O3. The molecule has 8 heteroatoms. The first-order chi connectivity index (χ1) is 10.3. The first kappa shape index (κ1) is 16.1. The number of carbonyl (C=O) groups excluding carboxylic acids is 2. The third kappa shape index (κ3) is 3.69. The van der Waals surface area contributed by atoms with Crippen molar-refractivity contribution in [1.82, 2.24) is 9.80 Å². The summed E-state index contributed by atoms with van der Waals surface area (Å²) >= 11 is 0. The molecule has 1 saturated heterocycles. The number of piperazine rings is 1. The molecule has 0 N–H and O–H groups in total. The van der Waals surface area contributed by atoms with Crippen LogP contribution in [0.4, 0.5) is 13.2 Å². The van der Waals surface area contributed by atoms with Gasteiger partial charge in [0.05, 0.1) is 6.26 Å². The lowest BCUT2D eigenvalue weighted by Crippen LogP contribution is -2.48. The molecule has 1 fully saturated rings. The Kier molecular flexibility index (Phi) is 4.58. The minimum atomic E-state index is -4.86. The van der Waals surface area contributed by atoms with Gasteiger partial charge in [0.15, 0.2) is 5.76 Å². The molecule has 1 aliphatic heterocycles. The summed E-state index contributed by atoms with van der Waals surface area (Å²) in [4.78, 5) is 26.2. The van der Waals surface area contributed by atoms with Gasteiger partial charge >= 0.3 is 6.18 Å². The lowest BCUT2D eigenvalue weighted by molar-refractivity contribution is -0.165. The molecule has 22 heavy (non-hydrogen) atoms. The van der Waals surface area contributed by atoms with Crippen LogP contribution < -0.4 is 0 Å². The topological polar surface area (TPSA) is 53.8 Å². The summed E-state index contributed by atoms with van der Waals surface area (Å²) in [5.74, 6) is -1.90. The molecule has 0 radical (unpaired) electrons. The first-order valence-electron chi connectivity index (χ1n) is 6.66. The fraction of sp³-hybridized carbons (Fsp3) is 0.429. The van der Waals surface area contributed by atoms with Crippen LogP contribution in [0.2, 0.25) is 0 Å². The molecule has 0 unspecified atom stereocenters. The van der Waals surface area contributed by atoms with E-state index in [0.717, 1.165) is 0 Å². The van der Waals surface area contributed by atoms with E-state index in [1.165, 1.54) is 13.2 Å². The van der Waals surface area contributed by atoms with Crippen LogP contribution in [0.5, 0.6) is 0 Å². The molecule has 0 spiro atoms. The number of alkyl halides is 3. The van der Waals surface area contributed by atoms with Crippen molar-refractivity contribution in [3.8, 4) is 0 Å². The van der Waals surface area contributed by atoms with Crippen molar-refractivity contribution in [1.29, 1.82) is 0 Å². The number of allylic oxidation sites excluding steroid dienone is 2. The number of carbonyl (C=O) groups is 2. The summed E-state index contributed by atoms with van der Waals surface area (Å²) in [6.45, 7) is 2.88. The quantitative estimate of drug-likeness (QED) is 0.801. The van der Waals surface area contributed by atoms with Crippen molar-refractivity contribution in [2.75, 3.05) is 26.2 Å². The maximum Gasteiger partial charge on any atom is 0.454 e. The number of rotatable bonds is 3. The van der Waals surface area contributed by atoms with Gasteiger partial charge in [-0.1, -0.05) is 0 Å². The van der Waals surface area contributed by atoms with Crippen molar-refractivity contribution < 1.29 is 27.2 Å². The Balaban J connectivity index is 1.93. The molecule has 1 aromatic heterocycles. The van der Waals surface area contributed by atoms with Gasteiger partial charge in [0.2, 0.25) is 0 Å². The zero-order valence-corrected chi connectivity index (χ0v) is 11.9. The van der Waals surface area contributed by atoms with Crippen LogP contribution in [0, 0.1) is 0 Å². The number of ketones is 1. The molecule has 120 valence electrons. The van der Waals surface area contributed by atoms with Gasteiger partial charge in [0.1, 0.15) is 0 Å². The standard InChI is InChI=1S/C14H15F3N2O3/c1-10(9-12(20)14(15,16)17)18-4-6-19(7-5-18)13(21)11-3-2-8-22-11/h2-3,8-9H,4-7H2,1H3. The van der Waals surface area contributed by atoms with Gasteiger partial charge < -0.3 is 14.2 Å². The Hall–Kier alpha value is -2.25. The number of furan rings is 1. The maximum absolute atomic E-state index is 12.2. The van der Waals surface area contributed by atoms with Gasteiger partial charge in [0, 0.05) is 38.0 Å². The Morgan fingerprint density at radius 2 is 1.77 bits per heavy atom. The summed E-state index contributed by atoms with van der Waals surface area (Å²) in [6.07, 6.45) is -2.87. The molecule has 0 aliphatic carbocycles. The molecule has 0 atom stereocenters. The van der Waals surface area contributed by atoms with Gasteiger partial charge in [-0.2, -0.15) is 13.2 Å². The molecular weight excluding hydrogens is 301 g/mol. The third-order valence-corrected chi connectivity index (χ3v) is 3.42. The zero-order chi connectivity index (χ0) is 16.3. The first-order valence-corrected chi connectivity index (χ1v) is 6.66. The highest BCUT2D eigenvalue weighted by Gasteiger charge is 2.37. The summed E-state index contributed by atoms with van der Waals surface area (Å²) in [6, 6.07) is 3.17. The fourth-order valence-electron chi connectivity index (χ4n) is 2.18. The Morgan fingerprint density at radius 1 is 1.18 bits per heavy atom. The second-order valence-electron chi connectivity index (χ2n) is 4.90. The van der Waals surface area contributed by atoms with Crippen LogP contribution in [0.15, 0.2) is 34.6 Å². The van der Waals surface area contributed by atoms with E-state index in [1.54, 1.807) is 21.9 Å². The lowest BCUT2D eigenvalue weighted by Gasteiger charge is -2.36. The van der Waals surface area contributed by atoms with Gasteiger partial charge in [0.25, 0.3) is 11.7 Å². The molecule has 2 rings (SSSR count). The number of halogens is 3. The van der Waals surface area contributed by atoms with Gasteiger partial charge in [-0.25, -0.2) is 0 Å². The smallest absolute Gasteiger partial charge is 0.454 e. The van der Waals surface area contributed by atoms with Crippen LogP contribution in [-0.4, -0.2) is 53.8 Å². The van der Waals surface area contributed by atoms with E-state index < -0.39 is 12.0 Å². The van der Waals surface area contributed by atoms with Crippen LogP contribution in [-0.2, 0) is 4.79 Å². The van der Waals surface area contributed by atoms with Gasteiger partial charge in [-0.05, 0) is 19.1 Å². The van der Waals surface area contributed by atoms with E-state index in [1.807, 2.05) is 0 Å². The van der Waals surface area contributed by atoms with E-state index in [-0.39, 0.29) is 17.4 Å². The second-order valence-corrected chi connectivity index (χ2v) is 4.90. The van der Waals surface area contributed by atoms with E-state index in [0.29, 0.717) is 32.3 Å².